The summed E-state index contributed by atoms with van der Waals surface area (Å²) < 4.78 is 7.12. The molecule has 0 aromatic carbocycles. The van der Waals surface area contributed by atoms with Gasteiger partial charge in [0, 0.05) is 0 Å². The van der Waals surface area contributed by atoms with Crippen molar-refractivity contribution < 1.29 is 9.53 Å². The third kappa shape index (κ3) is 4.09. The normalized spacial score (nSPS) is 47.0. The highest BCUT2D eigenvalue weighted by molar-refractivity contribution is 6.74. The van der Waals surface area contributed by atoms with Crippen LogP contribution in [0.4, 0.5) is 0 Å². The van der Waals surface area contributed by atoms with E-state index in [9.17, 15) is 5.11 Å². The highest BCUT2D eigenvalue weighted by atomic mass is 28.4. The van der Waals surface area contributed by atoms with E-state index in [1.165, 1.54) is 57.8 Å². The zero-order valence-corrected chi connectivity index (χ0v) is 23.7. The van der Waals surface area contributed by atoms with Crippen molar-refractivity contribution in [2.75, 3.05) is 0 Å². The fourth-order valence-corrected chi connectivity index (χ4v) is 10.2. The SMILES string of the molecule is CCCC[C@]1(O)CC[C@@]2(C)C(CC[C@H]3[C@@H]4CC[C@H](O[Si](C)(C)C(C)(C)C)[C@@]4(C)CC[C@@H]32)C1. The summed E-state index contributed by atoms with van der Waals surface area (Å²) in [5, 5.41) is 11.6. The molecule has 0 heterocycles. The molecule has 186 valence electrons. The van der Waals surface area contributed by atoms with Gasteiger partial charge in [0.15, 0.2) is 8.32 Å². The highest BCUT2D eigenvalue weighted by Crippen LogP contribution is 2.67. The summed E-state index contributed by atoms with van der Waals surface area (Å²) in [5.41, 5.74) is 0.475. The predicted molar refractivity (Wildman–Crippen MR) is 138 cm³/mol. The Morgan fingerprint density at radius 1 is 0.906 bits per heavy atom. The number of hydrogen-bond acceptors (Lipinski definition) is 2. The molecule has 0 radical (unpaired) electrons. The molecule has 0 spiro atoms. The zero-order valence-electron chi connectivity index (χ0n) is 22.7. The van der Waals surface area contributed by atoms with Gasteiger partial charge in [0.25, 0.3) is 0 Å². The standard InChI is InChI=1S/C29H54O2Si/c1-9-10-16-29(30)19-18-27(5)21(20-29)11-12-22-23-13-14-25(28(23,6)17-15-24(22)27)31-32(7,8)26(2,3)4/h21-25,30H,9-20H2,1-8H3/t21?,22-,23-,24-,25-,27-,28-,29-/m0/s1. The molecule has 1 unspecified atom stereocenters. The topological polar surface area (TPSA) is 29.5 Å². The van der Waals surface area contributed by atoms with Crippen LogP contribution in [-0.2, 0) is 4.43 Å². The second-order valence-corrected chi connectivity index (χ2v) is 19.4. The Hall–Kier alpha value is 0.137. The minimum Gasteiger partial charge on any atom is -0.413 e. The molecule has 4 fully saturated rings. The molecular weight excluding hydrogens is 408 g/mol. The molecule has 0 amide bonds. The molecule has 4 aliphatic rings. The molecular formula is C29H54O2Si. The van der Waals surface area contributed by atoms with Gasteiger partial charge in [-0.25, -0.2) is 0 Å². The van der Waals surface area contributed by atoms with Gasteiger partial charge in [0.05, 0.1) is 11.7 Å². The Bertz CT molecular complexity index is 683. The molecule has 0 saturated heterocycles. The van der Waals surface area contributed by atoms with E-state index in [2.05, 4.69) is 54.6 Å². The van der Waals surface area contributed by atoms with Crippen LogP contribution in [0.25, 0.3) is 0 Å². The summed E-state index contributed by atoms with van der Waals surface area (Å²) in [6, 6.07) is 0. The maximum atomic E-state index is 11.3. The maximum absolute atomic E-state index is 11.3. The van der Waals surface area contributed by atoms with Crippen LogP contribution in [0.3, 0.4) is 0 Å². The lowest BCUT2D eigenvalue weighted by Crippen LogP contribution is -2.57. The lowest BCUT2D eigenvalue weighted by atomic mass is 9.44. The predicted octanol–water partition coefficient (Wildman–Crippen LogP) is 8.34. The van der Waals surface area contributed by atoms with Crippen molar-refractivity contribution in [1.82, 2.24) is 0 Å². The van der Waals surface area contributed by atoms with Crippen molar-refractivity contribution in [3.05, 3.63) is 0 Å². The molecule has 4 aliphatic carbocycles. The lowest BCUT2D eigenvalue weighted by Gasteiger charge is -2.62. The molecule has 32 heavy (non-hydrogen) atoms. The summed E-state index contributed by atoms with van der Waals surface area (Å²) in [4.78, 5) is 0. The van der Waals surface area contributed by atoms with Crippen LogP contribution in [0.5, 0.6) is 0 Å². The number of aliphatic hydroxyl groups is 1. The summed E-state index contributed by atoms with van der Waals surface area (Å²) in [7, 11) is -1.73. The van der Waals surface area contributed by atoms with Crippen LogP contribution < -0.4 is 0 Å². The third-order valence-electron chi connectivity index (χ3n) is 12.0. The first-order chi connectivity index (χ1) is 14.8. The second-order valence-electron chi connectivity index (χ2n) is 14.7. The number of fused-ring (bicyclic) bond motifs is 5. The van der Waals surface area contributed by atoms with E-state index in [-0.39, 0.29) is 5.60 Å². The van der Waals surface area contributed by atoms with E-state index in [0.717, 1.165) is 42.9 Å². The van der Waals surface area contributed by atoms with Crippen molar-refractivity contribution in [2.45, 2.75) is 148 Å². The van der Waals surface area contributed by atoms with Crippen molar-refractivity contribution in [2.24, 2.45) is 34.5 Å². The first-order valence-corrected chi connectivity index (χ1v) is 17.1. The van der Waals surface area contributed by atoms with Crippen molar-refractivity contribution in [1.29, 1.82) is 0 Å². The van der Waals surface area contributed by atoms with E-state index in [1.807, 2.05) is 0 Å². The van der Waals surface area contributed by atoms with E-state index in [1.54, 1.807) is 0 Å². The molecule has 3 heteroatoms. The Morgan fingerprint density at radius 2 is 1.59 bits per heavy atom. The van der Waals surface area contributed by atoms with Crippen LogP contribution in [0.1, 0.15) is 119 Å². The van der Waals surface area contributed by atoms with Crippen LogP contribution in [0, 0.1) is 34.5 Å². The highest BCUT2D eigenvalue weighted by Gasteiger charge is 2.62. The monoisotopic (exact) mass is 462 g/mol. The zero-order chi connectivity index (χ0) is 23.6. The van der Waals surface area contributed by atoms with Gasteiger partial charge in [-0.05, 0) is 117 Å². The van der Waals surface area contributed by atoms with Gasteiger partial charge in [-0.15, -0.1) is 0 Å². The summed E-state index contributed by atoms with van der Waals surface area (Å²) in [6.07, 6.45) is 15.5. The molecule has 8 atom stereocenters. The largest absolute Gasteiger partial charge is 0.413 e. The first kappa shape index (κ1) is 25.2. The fourth-order valence-electron chi connectivity index (χ4n) is 8.73. The first-order valence-electron chi connectivity index (χ1n) is 14.2. The van der Waals surface area contributed by atoms with E-state index < -0.39 is 8.32 Å². The van der Waals surface area contributed by atoms with E-state index in [0.29, 0.717) is 22.0 Å². The molecule has 0 aromatic heterocycles. The van der Waals surface area contributed by atoms with E-state index in [4.69, 9.17) is 4.43 Å². The molecule has 1 N–H and O–H groups in total. The van der Waals surface area contributed by atoms with Crippen molar-refractivity contribution in [3.63, 3.8) is 0 Å². The lowest BCUT2D eigenvalue weighted by molar-refractivity contribution is -0.155. The fraction of sp³-hybridized carbons (Fsp3) is 1.00. The third-order valence-corrected chi connectivity index (χ3v) is 16.5. The summed E-state index contributed by atoms with van der Waals surface area (Å²) >= 11 is 0. The van der Waals surface area contributed by atoms with Gasteiger partial charge in [-0.2, -0.15) is 0 Å². The second kappa shape index (κ2) is 8.37. The number of hydrogen-bond donors (Lipinski definition) is 1. The minimum atomic E-state index is -1.73. The Kier molecular flexibility index (Phi) is 6.60. The van der Waals surface area contributed by atoms with Gasteiger partial charge in [-0.3, -0.25) is 0 Å². The van der Waals surface area contributed by atoms with E-state index >= 15 is 0 Å². The van der Waals surface area contributed by atoms with Crippen molar-refractivity contribution >= 4 is 8.32 Å². The molecule has 4 saturated carbocycles. The summed E-state index contributed by atoms with van der Waals surface area (Å²) in [5.74, 6) is 3.37. The average molecular weight is 463 g/mol. The summed E-state index contributed by atoms with van der Waals surface area (Å²) in [6.45, 7) is 19.6. The Labute approximate surface area is 200 Å². The Morgan fingerprint density at radius 3 is 2.25 bits per heavy atom. The van der Waals surface area contributed by atoms with Crippen molar-refractivity contribution in [3.8, 4) is 0 Å². The minimum absolute atomic E-state index is 0.293. The van der Waals surface area contributed by atoms with Gasteiger partial charge < -0.3 is 9.53 Å². The Balaban J connectivity index is 1.49. The molecule has 4 rings (SSSR count). The molecule has 0 bridgehead atoms. The quantitative estimate of drug-likeness (QED) is 0.416. The van der Waals surface area contributed by atoms with Gasteiger partial charge in [0.1, 0.15) is 0 Å². The number of unbranched alkanes of at least 4 members (excludes halogenated alkanes) is 1. The molecule has 2 nitrogen and oxygen atoms in total. The van der Waals surface area contributed by atoms with Crippen LogP contribution in [0.2, 0.25) is 18.1 Å². The van der Waals surface area contributed by atoms with Gasteiger partial charge >= 0.3 is 0 Å². The smallest absolute Gasteiger partial charge is 0.192 e. The number of rotatable bonds is 5. The average Bonchev–Trinajstić information content (AvgIpc) is 3.02. The maximum Gasteiger partial charge on any atom is 0.192 e. The van der Waals surface area contributed by atoms with Crippen LogP contribution >= 0.6 is 0 Å². The van der Waals surface area contributed by atoms with Crippen LogP contribution in [0.15, 0.2) is 0 Å². The van der Waals surface area contributed by atoms with Gasteiger partial charge in [-0.1, -0.05) is 54.4 Å². The van der Waals surface area contributed by atoms with Crippen LogP contribution in [-0.4, -0.2) is 25.1 Å². The molecule has 0 aromatic rings. The van der Waals surface area contributed by atoms with Gasteiger partial charge in [0.2, 0.25) is 0 Å². The molecule has 0 aliphatic heterocycles.